The van der Waals surface area contributed by atoms with Gasteiger partial charge in [-0.15, -0.1) is 6.58 Å². The summed E-state index contributed by atoms with van der Waals surface area (Å²) in [6.45, 7) is 6.32. The first-order chi connectivity index (χ1) is 3.31. The molecule has 1 unspecified atom stereocenters. The van der Waals surface area contributed by atoms with E-state index in [1.54, 1.807) is 16.3 Å². The van der Waals surface area contributed by atoms with Crippen LogP contribution < -0.4 is 0 Å². The fourth-order valence-corrected chi connectivity index (χ4v) is 0.518. The Morgan fingerprint density at radius 1 is 2.00 bits per heavy atom. The third-order valence-electron chi connectivity index (χ3n) is 0.644. The summed E-state index contributed by atoms with van der Waals surface area (Å²) in [6.07, 6.45) is 1.79. The van der Waals surface area contributed by atoms with Crippen molar-refractivity contribution >= 4 is 10.2 Å². The van der Waals surface area contributed by atoms with Crippen molar-refractivity contribution in [2.24, 2.45) is 0 Å². The Kier molecular flexibility index (Phi) is 4.04. The highest BCUT2D eigenvalue weighted by Gasteiger charge is 1.87. The normalized spacial score (nSPS) is 13.4. The van der Waals surface area contributed by atoms with Crippen LogP contribution in [-0.2, 0) is 4.74 Å². The van der Waals surface area contributed by atoms with E-state index in [0.29, 0.717) is 0 Å². The van der Waals surface area contributed by atoms with E-state index in [4.69, 9.17) is 4.74 Å². The van der Waals surface area contributed by atoms with E-state index in [9.17, 15) is 0 Å². The molecule has 0 amide bonds. The largest absolute Gasteiger partial charge is 0.379 e. The molecule has 0 aromatic carbocycles. The molecule has 0 spiro atoms. The smallest absolute Gasteiger partial charge is 0.0560 e. The minimum absolute atomic E-state index is 0.241. The standard InChI is InChI=1S/C5H11OSi/c1-3-5(7)6-4-2/h3,5H,1,4,7H2,2H3. The van der Waals surface area contributed by atoms with Gasteiger partial charge in [-0.05, 0) is 6.92 Å². The first-order valence-corrected chi connectivity index (χ1v) is 3.20. The molecule has 0 aromatic rings. The van der Waals surface area contributed by atoms with Crippen LogP contribution in [0.1, 0.15) is 6.92 Å². The van der Waals surface area contributed by atoms with Gasteiger partial charge < -0.3 is 4.74 Å². The zero-order valence-corrected chi connectivity index (χ0v) is 6.10. The molecule has 2 heteroatoms. The van der Waals surface area contributed by atoms with E-state index in [1.165, 1.54) is 0 Å². The SMILES string of the molecule is C=CC([SiH2])OCC. The van der Waals surface area contributed by atoms with E-state index < -0.39 is 0 Å². The minimum atomic E-state index is 0.241. The molecule has 0 rings (SSSR count). The third kappa shape index (κ3) is 3.75. The summed E-state index contributed by atoms with van der Waals surface area (Å²) in [7, 11) is 1.79. The highest BCUT2D eigenvalue weighted by atomic mass is 28.1. The first kappa shape index (κ1) is 6.92. The van der Waals surface area contributed by atoms with Crippen molar-refractivity contribution in [3.05, 3.63) is 12.7 Å². The third-order valence-corrected chi connectivity index (χ3v) is 1.21. The van der Waals surface area contributed by atoms with E-state index in [2.05, 4.69) is 6.58 Å². The Morgan fingerprint density at radius 3 is 2.71 bits per heavy atom. The number of hydrogen-bond donors (Lipinski definition) is 0. The summed E-state index contributed by atoms with van der Waals surface area (Å²) in [5, 5.41) is 0. The Bertz CT molecular complexity index is 54.0. The van der Waals surface area contributed by atoms with Crippen molar-refractivity contribution < 1.29 is 4.74 Å². The molecule has 0 aliphatic heterocycles. The average Bonchev–Trinajstić information content (AvgIpc) is 1.68. The van der Waals surface area contributed by atoms with Gasteiger partial charge in [-0.1, -0.05) is 6.08 Å². The van der Waals surface area contributed by atoms with Crippen molar-refractivity contribution in [1.82, 2.24) is 0 Å². The fraction of sp³-hybridized carbons (Fsp3) is 0.600. The van der Waals surface area contributed by atoms with Crippen LogP contribution in [0.15, 0.2) is 12.7 Å². The molecule has 1 nitrogen and oxygen atoms in total. The van der Waals surface area contributed by atoms with Crippen LogP contribution in [0.5, 0.6) is 0 Å². The molecule has 0 bridgehead atoms. The van der Waals surface area contributed by atoms with Crippen molar-refractivity contribution in [3.8, 4) is 0 Å². The van der Waals surface area contributed by atoms with Crippen LogP contribution in [0, 0.1) is 0 Å². The minimum Gasteiger partial charge on any atom is -0.379 e. The molecule has 0 aliphatic carbocycles. The molecule has 1 radical (unpaired) electrons. The summed E-state index contributed by atoms with van der Waals surface area (Å²) in [5.41, 5.74) is 0.241. The van der Waals surface area contributed by atoms with Gasteiger partial charge in [0.05, 0.1) is 16.0 Å². The number of rotatable bonds is 3. The second kappa shape index (κ2) is 4.09. The molecule has 41 valence electrons. The molecular formula is C5H11OSi. The van der Waals surface area contributed by atoms with Crippen LogP contribution in [-0.4, -0.2) is 22.6 Å². The lowest BCUT2D eigenvalue weighted by atomic mass is 10.7. The van der Waals surface area contributed by atoms with Gasteiger partial charge >= 0.3 is 0 Å². The predicted molar refractivity (Wildman–Crippen MR) is 34.2 cm³/mol. The van der Waals surface area contributed by atoms with Crippen molar-refractivity contribution in [2.75, 3.05) is 6.61 Å². The first-order valence-electron chi connectivity index (χ1n) is 2.38. The molecule has 0 saturated heterocycles. The topological polar surface area (TPSA) is 9.23 Å². The summed E-state index contributed by atoms with van der Waals surface area (Å²) >= 11 is 0. The lowest BCUT2D eigenvalue weighted by Crippen LogP contribution is -2.07. The molecule has 0 aromatic heterocycles. The zero-order valence-electron chi connectivity index (χ0n) is 4.68. The Morgan fingerprint density at radius 2 is 2.57 bits per heavy atom. The highest BCUT2D eigenvalue weighted by molar-refractivity contribution is 6.12. The fourth-order valence-electron chi connectivity index (χ4n) is 0.282. The molecule has 0 saturated carbocycles. The van der Waals surface area contributed by atoms with E-state index in [1.807, 2.05) is 6.92 Å². The van der Waals surface area contributed by atoms with E-state index >= 15 is 0 Å². The van der Waals surface area contributed by atoms with Gasteiger partial charge in [-0.25, -0.2) is 0 Å². The second-order valence-electron chi connectivity index (χ2n) is 1.23. The summed E-state index contributed by atoms with van der Waals surface area (Å²) in [4.78, 5) is 0. The highest BCUT2D eigenvalue weighted by Crippen LogP contribution is 1.82. The summed E-state index contributed by atoms with van der Waals surface area (Å²) in [6, 6.07) is 0. The van der Waals surface area contributed by atoms with Crippen molar-refractivity contribution in [1.29, 1.82) is 0 Å². The van der Waals surface area contributed by atoms with Gasteiger partial charge in [0.15, 0.2) is 0 Å². The van der Waals surface area contributed by atoms with Crippen LogP contribution in [0.25, 0.3) is 0 Å². The van der Waals surface area contributed by atoms with Gasteiger partial charge in [-0.3, -0.25) is 0 Å². The van der Waals surface area contributed by atoms with Gasteiger partial charge in [-0.2, -0.15) is 0 Å². The maximum atomic E-state index is 5.09. The molecule has 7 heavy (non-hydrogen) atoms. The van der Waals surface area contributed by atoms with Crippen LogP contribution in [0.2, 0.25) is 0 Å². The van der Waals surface area contributed by atoms with Gasteiger partial charge in [0.1, 0.15) is 0 Å². The molecule has 0 N–H and O–H groups in total. The zero-order chi connectivity index (χ0) is 5.70. The van der Waals surface area contributed by atoms with Crippen LogP contribution in [0.4, 0.5) is 0 Å². The van der Waals surface area contributed by atoms with Crippen molar-refractivity contribution in [3.63, 3.8) is 0 Å². The van der Waals surface area contributed by atoms with Crippen molar-refractivity contribution in [2.45, 2.75) is 12.7 Å². The monoisotopic (exact) mass is 115 g/mol. The molecule has 0 aliphatic rings. The molecular weight excluding hydrogens is 104 g/mol. The maximum Gasteiger partial charge on any atom is 0.0560 e. The maximum absolute atomic E-state index is 5.09. The summed E-state index contributed by atoms with van der Waals surface area (Å²) in [5.74, 6) is 0. The second-order valence-corrected chi connectivity index (χ2v) is 2.03. The Labute approximate surface area is 47.8 Å². The van der Waals surface area contributed by atoms with Crippen LogP contribution in [0.3, 0.4) is 0 Å². The average molecular weight is 115 g/mol. The predicted octanol–water partition coefficient (Wildman–Crippen LogP) is 0.168. The molecule has 0 fully saturated rings. The molecule has 0 heterocycles. The van der Waals surface area contributed by atoms with Crippen LogP contribution >= 0.6 is 0 Å². The quantitative estimate of drug-likeness (QED) is 0.376. The Balaban J connectivity index is 2.98. The van der Waals surface area contributed by atoms with E-state index in [0.717, 1.165) is 6.61 Å². The lowest BCUT2D eigenvalue weighted by Gasteiger charge is -2.02. The van der Waals surface area contributed by atoms with E-state index in [-0.39, 0.29) is 5.73 Å². The molecule has 1 atom stereocenters. The number of hydrogen-bond acceptors (Lipinski definition) is 1. The summed E-state index contributed by atoms with van der Waals surface area (Å²) < 4.78 is 5.09. The number of ether oxygens (including phenoxy) is 1. The van der Waals surface area contributed by atoms with Gasteiger partial charge in [0.2, 0.25) is 0 Å². The van der Waals surface area contributed by atoms with Gasteiger partial charge in [0.25, 0.3) is 0 Å². The lowest BCUT2D eigenvalue weighted by molar-refractivity contribution is 0.149. The Hall–Kier alpha value is -0.0831. The van der Waals surface area contributed by atoms with Gasteiger partial charge in [0, 0.05) is 6.61 Å².